The molecule has 2 amide bonds. The molecule has 1 aliphatic heterocycles. The molecule has 0 aromatic carbocycles. The van der Waals surface area contributed by atoms with Crippen LogP contribution in [0.4, 0.5) is 5.82 Å². The SMILES string of the molecule is Cc1ccnc(NC(=O)C(=O)N(C)C2CCS(=O)(=O)C2)c1. The Kier molecular flexibility index (Phi) is 4.26. The molecule has 8 heteroatoms. The monoisotopic (exact) mass is 311 g/mol. The van der Waals surface area contributed by atoms with Crippen molar-refractivity contribution in [1.29, 1.82) is 0 Å². The third-order valence-corrected chi connectivity index (χ3v) is 5.18. The lowest BCUT2D eigenvalue weighted by Crippen LogP contribution is -2.44. The third kappa shape index (κ3) is 3.78. The summed E-state index contributed by atoms with van der Waals surface area (Å²) in [5, 5.41) is 2.42. The van der Waals surface area contributed by atoms with E-state index >= 15 is 0 Å². The topological polar surface area (TPSA) is 96.4 Å². The van der Waals surface area contributed by atoms with E-state index in [0.717, 1.165) is 5.56 Å². The molecule has 1 saturated heterocycles. The van der Waals surface area contributed by atoms with Gasteiger partial charge < -0.3 is 10.2 Å². The zero-order valence-corrected chi connectivity index (χ0v) is 12.7. The van der Waals surface area contributed by atoms with Gasteiger partial charge in [0.25, 0.3) is 0 Å². The molecule has 1 unspecified atom stereocenters. The maximum atomic E-state index is 12.0. The second-order valence-corrected chi connectivity index (χ2v) is 7.37. The lowest BCUT2D eigenvalue weighted by atomic mass is 10.2. The van der Waals surface area contributed by atoms with Crippen molar-refractivity contribution in [3.05, 3.63) is 23.9 Å². The Morgan fingerprint density at radius 3 is 2.71 bits per heavy atom. The van der Waals surface area contributed by atoms with Crippen LogP contribution in [0.1, 0.15) is 12.0 Å². The molecular formula is C13H17N3O4S. The van der Waals surface area contributed by atoms with Crippen molar-refractivity contribution in [2.45, 2.75) is 19.4 Å². The Morgan fingerprint density at radius 2 is 2.14 bits per heavy atom. The smallest absolute Gasteiger partial charge is 0.315 e. The standard InChI is InChI=1S/C13H17N3O4S/c1-9-3-5-14-11(7-9)15-12(17)13(18)16(2)10-4-6-21(19,20)8-10/h3,5,7,10H,4,6,8H2,1-2H3,(H,14,15,17). The first-order chi connectivity index (χ1) is 9.78. The van der Waals surface area contributed by atoms with Crippen LogP contribution in [0, 0.1) is 6.92 Å². The van der Waals surface area contributed by atoms with Crippen molar-refractivity contribution >= 4 is 27.5 Å². The van der Waals surface area contributed by atoms with Crippen molar-refractivity contribution in [3.8, 4) is 0 Å². The van der Waals surface area contributed by atoms with Crippen LogP contribution in [0.3, 0.4) is 0 Å². The summed E-state index contributed by atoms with van der Waals surface area (Å²) >= 11 is 0. The summed E-state index contributed by atoms with van der Waals surface area (Å²) in [7, 11) is -1.66. The van der Waals surface area contributed by atoms with Gasteiger partial charge in [-0.2, -0.15) is 0 Å². The van der Waals surface area contributed by atoms with Gasteiger partial charge in [-0.25, -0.2) is 13.4 Å². The number of likely N-dealkylation sites (N-methyl/N-ethyl adjacent to an activating group) is 1. The molecule has 7 nitrogen and oxygen atoms in total. The van der Waals surface area contributed by atoms with Gasteiger partial charge in [0, 0.05) is 19.3 Å². The summed E-state index contributed by atoms with van der Waals surface area (Å²) < 4.78 is 22.8. The van der Waals surface area contributed by atoms with Gasteiger partial charge >= 0.3 is 11.8 Å². The molecule has 0 saturated carbocycles. The zero-order valence-electron chi connectivity index (χ0n) is 11.9. The fourth-order valence-corrected chi connectivity index (χ4v) is 3.96. The quantitative estimate of drug-likeness (QED) is 0.774. The molecular weight excluding hydrogens is 294 g/mol. The molecule has 21 heavy (non-hydrogen) atoms. The second-order valence-electron chi connectivity index (χ2n) is 5.15. The Balaban J connectivity index is 2.01. The molecule has 2 heterocycles. The van der Waals surface area contributed by atoms with Crippen LogP contribution in [0.2, 0.25) is 0 Å². The van der Waals surface area contributed by atoms with Gasteiger partial charge in [0.15, 0.2) is 9.84 Å². The molecule has 0 aliphatic carbocycles. The first-order valence-electron chi connectivity index (χ1n) is 6.50. The van der Waals surface area contributed by atoms with Crippen LogP contribution in [0.15, 0.2) is 18.3 Å². The van der Waals surface area contributed by atoms with E-state index < -0.39 is 27.7 Å². The van der Waals surface area contributed by atoms with Gasteiger partial charge in [-0.05, 0) is 31.0 Å². The van der Waals surface area contributed by atoms with Crippen LogP contribution < -0.4 is 5.32 Å². The van der Waals surface area contributed by atoms with E-state index in [1.54, 1.807) is 12.1 Å². The van der Waals surface area contributed by atoms with E-state index in [2.05, 4.69) is 10.3 Å². The molecule has 0 radical (unpaired) electrons. The molecule has 1 aromatic heterocycles. The zero-order chi connectivity index (χ0) is 15.6. The van der Waals surface area contributed by atoms with Crippen LogP contribution in [-0.4, -0.2) is 54.7 Å². The minimum atomic E-state index is -3.10. The summed E-state index contributed by atoms with van der Waals surface area (Å²) in [4.78, 5) is 29.0. The maximum Gasteiger partial charge on any atom is 0.315 e. The van der Waals surface area contributed by atoms with E-state index in [-0.39, 0.29) is 11.5 Å². The number of hydrogen-bond acceptors (Lipinski definition) is 5. The number of anilines is 1. The third-order valence-electron chi connectivity index (χ3n) is 3.43. The molecule has 0 spiro atoms. The number of aromatic nitrogens is 1. The highest BCUT2D eigenvalue weighted by molar-refractivity contribution is 7.91. The van der Waals surface area contributed by atoms with Crippen molar-refractivity contribution in [3.63, 3.8) is 0 Å². The Bertz CT molecular complexity index is 672. The predicted octanol–water partition coefficient (Wildman–Crippen LogP) is -0.0260. The molecule has 2 rings (SSSR count). The van der Waals surface area contributed by atoms with Gasteiger partial charge in [-0.1, -0.05) is 0 Å². The fraction of sp³-hybridized carbons (Fsp3) is 0.462. The number of amides is 2. The highest BCUT2D eigenvalue weighted by Crippen LogP contribution is 2.17. The van der Waals surface area contributed by atoms with Gasteiger partial charge in [0.1, 0.15) is 5.82 Å². The van der Waals surface area contributed by atoms with Crippen molar-refractivity contribution in [1.82, 2.24) is 9.88 Å². The summed E-state index contributed by atoms with van der Waals surface area (Å²) in [6.07, 6.45) is 1.89. The number of carbonyl (C=O) groups excluding carboxylic acids is 2. The lowest BCUT2D eigenvalue weighted by molar-refractivity contribution is -0.143. The van der Waals surface area contributed by atoms with Crippen LogP contribution >= 0.6 is 0 Å². The molecule has 1 N–H and O–H groups in total. The maximum absolute atomic E-state index is 12.0. The number of nitrogens with one attached hydrogen (secondary N) is 1. The highest BCUT2D eigenvalue weighted by Gasteiger charge is 2.34. The molecule has 1 aliphatic rings. The number of nitrogens with zero attached hydrogens (tertiary/aromatic N) is 2. The number of pyridine rings is 1. The first kappa shape index (κ1) is 15.4. The minimum Gasteiger partial charge on any atom is -0.333 e. The fourth-order valence-electron chi connectivity index (χ4n) is 2.18. The van der Waals surface area contributed by atoms with Crippen LogP contribution in [0.25, 0.3) is 0 Å². The molecule has 114 valence electrons. The summed E-state index contributed by atoms with van der Waals surface area (Å²) in [6, 6.07) is 2.97. The normalized spacial score (nSPS) is 20.0. The van der Waals surface area contributed by atoms with Gasteiger partial charge in [-0.15, -0.1) is 0 Å². The number of aryl methyl sites for hydroxylation is 1. The summed E-state index contributed by atoms with van der Waals surface area (Å²) in [5.74, 6) is -1.33. The van der Waals surface area contributed by atoms with E-state index in [9.17, 15) is 18.0 Å². The van der Waals surface area contributed by atoms with Crippen molar-refractivity contribution in [2.75, 3.05) is 23.9 Å². The second kappa shape index (κ2) is 5.80. The van der Waals surface area contributed by atoms with Crippen LogP contribution in [0.5, 0.6) is 0 Å². The number of sulfone groups is 1. The highest BCUT2D eigenvalue weighted by atomic mass is 32.2. The van der Waals surface area contributed by atoms with Crippen LogP contribution in [-0.2, 0) is 19.4 Å². The first-order valence-corrected chi connectivity index (χ1v) is 8.32. The Hall–Kier alpha value is -1.96. The molecule has 1 aromatic rings. The number of carbonyl (C=O) groups is 2. The average Bonchev–Trinajstić information content (AvgIpc) is 2.77. The van der Waals surface area contributed by atoms with E-state index in [1.807, 2.05) is 6.92 Å². The largest absolute Gasteiger partial charge is 0.333 e. The number of rotatable bonds is 2. The van der Waals surface area contributed by atoms with E-state index in [0.29, 0.717) is 12.2 Å². The molecule has 1 fully saturated rings. The average molecular weight is 311 g/mol. The van der Waals surface area contributed by atoms with E-state index in [4.69, 9.17) is 0 Å². The Labute approximate surface area is 123 Å². The van der Waals surface area contributed by atoms with Gasteiger partial charge in [0.05, 0.1) is 11.5 Å². The lowest BCUT2D eigenvalue weighted by Gasteiger charge is -2.22. The summed E-state index contributed by atoms with van der Waals surface area (Å²) in [6.45, 7) is 1.84. The van der Waals surface area contributed by atoms with Crippen molar-refractivity contribution < 1.29 is 18.0 Å². The Morgan fingerprint density at radius 1 is 1.43 bits per heavy atom. The van der Waals surface area contributed by atoms with Crippen molar-refractivity contribution in [2.24, 2.45) is 0 Å². The minimum absolute atomic E-state index is 0.0519. The van der Waals surface area contributed by atoms with E-state index in [1.165, 1.54) is 18.1 Å². The number of hydrogen-bond donors (Lipinski definition) is 1. The summed E-state index contributed by atoms with van der Waals surface area (Å²) in [5.41, 5.74) is 0.906. The predicted molar refractivity (Wildman–Crippen MR) is 77.4 cm³/mol. The van der Waals surface area contributed by atoms with Gasteiger partial charge in [-0.3, -0.25) is 9.59 Å². The molecule has 0 bridgehead atoms. The van der Waals surface area contributed by atoms with Gasteiger partial charge in [0.2, 0.25) is 0 Å². The molecule has 1 atom stereocenters.